The number of amides is 2. The summed E-state index contributed by atoms with van der Waals surface area (Å²) in [4.78, 5) is 24.5. The first-order valence-electron chi connectivity index (χ1n) is 5.73. The maximum Gasteiger partial charge on any atom is 0.338 e. The Kier molecular flexibility index (Phi) is 4.01. The molecule has 0 unspecified atom stereocenters. The SMILES string of the molecule is C=CCOC(=O)C1=C(C)NC(=O)N[C@@H]1c1cccs1. The number of rotatable bonds is 4. The Labute approximate surface area is 115 Å². The number of urea groups is 1. The highest BCUT2D eigenvalue weighted by Gasteiger charge is 2.32. The summed E-state index contributed by atoms with van der Waals surface area (Å²) in [6.45, 7) is 5.33. The highest BCUT2D eigenvalue weighted by molar-refractivity contribution is 7.10. The summed E-state index contributed by atoms with van der Waals surface area (Å²) in [6.07, 6.45) is 1.50. The summed E-state index contributed by atoms with van der Waals surface area (Å²) in [5.41, 5.74) is 0.931. The molecule has 2 heterocycles. The monoisotopic (exact) mass is 278 g/mol. The van der Waals surface area contributed by atoms with Crippen LogP contribution in [0.1, 0.15) is 17.8 Å². The largest absolute Gasteiger partial charge is 0.458 e. The first-order valence-corrected chi connectivity index (χ1v) is 6.61. The fraction of sp³-hybridized carbons (Fsp3) is 0.231. The van der Waals surface area contributed by atoms with Crippen LogP contribution in [0, 0.1) is 0 Å². The summed E-state index contributed by atoms with van der Waals surface area (Å²) in [5, 5.41) is 7.21. The topological polar surface area (TPSA) is 67.4 Å². The third kappa shape index (κ3) is 2.85. The van der Waals surface area contributed by atoms with Crippen molar-refractivity contribution in [1.29, 1.82) is 0 Å². The molecule has 0 aromatic carbocycles. The predicted octanol–water partition coefficient (Wildman–Crippen LogP) is 2.11. The Morgan fingerprint density at radius 3 is 3.05 bits per heavy atom. The highest BCUT2D eigenvalue weighted by atomic mass is 32.1. The minimum atomic E-state index is -0.467. The lowest BCUT2D eigenvalue weighted by Gasteiger charge is -2.26. The molecule has 0 bridgehead atoms. The lowest BCUT2D eigenvalue weighted by molar-refractivity contribution is -0.138. The Balaban J connectivity index is 2.33. The summed E-state index contributed by atoms with van der Waals surface area (Å²) in [7, 11) is 0. The zero-order chi connectivity index (χ0) is 13.8. The number of nitrogens with one attached hydrogen (secondary N) is 2. The van der Waals surface area contributed by atoms with Gasteiger partial charge in [-0.1, -0.05) is 18.7 Å². The number of carbonyl (C=O) groups excluding carboxylic acids is 2. The van der Waals surface area contributed by atoms with Gasteiger partial charge in [0.05, 0.1) is 11.6 Å². The van der Waals surface area contributed by atoms with E-state index in [-0.39, 0.29) is 12.6 Å². The molecule has 1 aromatic rings. The maximum absolute atomic E-state index is 12.1. The van der Waals surface area contributed by atoms with Gasteiger partial charge in [-0.2, -0.15) is 0 Å². The smallest absolute Gasteiger partial charge is 0.338 e. The van der Waals surface area contributed by atoms with Crippen molar-refractivity contribution in [1.82, 2.24) is 10.6 Å². The number of allylic oxidation sites excluding steroid dienone is 1. The summed E-state index contributed by atoms with van der Waals surface area (Å²) >= 11 is 1.47. The standard InChI is InChI=1S/C13H14N2O3S/c1-3-6-18-12(16)10-8(2)14-13(17)15-11(10)9-5-4-7-19-9/h3-5,7,11H,1,6H2,2H3,(H2,14,15,17)/t11-/m1/s1. The fourth-order valence-corrected chi connectivity index (χ4v) is 2.63. The van der Waals surface area contributed by atoms with E-state index >= 15 is 0 Å². The number of hydrogen-bond donors (Lipinski definition) is 2. The molecule has 2 N–H and O–H groups in total. The van der Waals surface area contributed by atoms with E-state index in [1.807, 2.05) is 17.5 Å². The molecule has 0 radical (unpaired) electrons. The number of thiophene rings is 1. The van der Waals surface area contributed by atoms with Gasteiger partial charge in [-0.15, -0.1) is 11.3 Å². The first-order chi connectivity index (χ1) is 9.13. The molecule has 1 aliphatic heterocycles. The number of hydrogen-bond acceptors (Lipinski definition) is 4. The van der Waals surface area contributed by atoms with E-state index < -0.39 is 12.0 Å². The second-order valence-electron chi connectivity index (χ2n) is 3.97. The van der Waals surface area contributed by atoms with Crippen molar-refractivity contribution < 1.29 is 14.3 Å². The van der Waals surface area contributed by atoms with Gasteiger partial charge in [0.2, 0.25) is 0 Å². The Hall–Kier alpha value is -2.08. The Morgan fingerprint density at radius 2 is 2.42 bits per heavy atom. The Bertz CT molecular complexity index is 534. The average molecular weight is 278 g/mol. The average Bonchev–Trinajstić information content (AvgIpc) is 2.88. The molecule has 1 aliphatic rings. The second-order valence-corrected chi connectivity index (χ2v) is 4.95. The molecule has 0 spiro atoms. The van der Waals surface area contributed by atoms with Crippen molar-refractivity contribution in [3.63, 3.8) is 0 Å². The summed E-state index contributed by atoms with van der Waals surface area (Å²) in [6, 6.07) is 2.95. The number of ether oxygens (including phenoxy) is 1. The van der Waals surface area contributed by atoms with Crippen LogP contribution in [0.4, 0.5) is 4.79 Å². The predicted molar refractivity (Wildman–Crippen MR) is 72.6 cm³/mol. The van der Waals surface area contributed by atoms with Gasteiger partial charge in [-0.3, -0.25) is 0 Å². The van der Waals surface area contributed by atoms with Crippen LogP contribution in [-0.2, 0) is 9.53 Å². The van der Waals surface area contributed by atoms with Crippen molar-refractivity contribution in [2.75, 3.05) is 6.61 Å². The lowest BCUT2D eigenvalue weighted by Crippen LogP contribution is -2.45. The van der Waals surface area contributed by atoms with E-state index in [0.29, 0.717) is 11.3 Å². The van der Waals surface area contributed by atoms with E-state index in [9.17, 15) is 9.59 Å². The minimum absolute atomic E-state index is 0.140. The van der Waals surface area contributed by atoms with Crippen LogP contribution in [0.25, 0.3) is 0 Å². The van der Waals surface area contributed by atoms with Crippen LogP contribution in [-0.4, -0.2) is 18.6 Å². The molecule has 1 aromatic heterocycles. The van der Waals surface area contributed by atoms with E-state index in [1.54, 1.807) is 6.92 Å². The lowest BCUT2D eigenvalue weighted by atomic mass is 10.0. The zero-order valence-corrected chi connectivity index (χ0v) is 11.3. The molecule has 0 aliphatic carbocycles. The number of esters is 1. The third-order valence-corrected chi connectivity index (χ3v) is 3.59. The van der Waals surface area contributed by atoms with Crippen LogP contribution in [0.15, 0.2) is 41.4 Å². The van der Waals surface area contributed by atoms with Gasteiger partial charge in [0.25, 0.3) is 0 Å². The van der Waals surface area contributed by atoms with Gasteiger partial charge in [-0.05, 0) is 18.4 Å². The van der Waals surface area contributed by atoms with Crippen LogP contribution in [0.3, 0.4) is 0 Å². The van der Waals surface area contributed by atoms with E-state index in [2.05, 4.69) is 17.2 Å². The van der Waals surface area contributed by atoms with Gasteiger partial charge in [0.1, 0.15) is 6.61 Å². The van der Waals surface area contributed by atoms with Gasteiger partial charge >= 0.3 is 12.0 Å². The van der Waals surface area contributed by atoms with E-state index in [1.165, 1.54) is 17.4 Å². The van der Waals surface area contributed by atoms with Crippen LogP contribution < -0.4 is 10.6 Å². The molecular weight excluding hydrogens is 264 g/mol. The quantitative estimate of drug-likeness (QED) is 0.654. The zero-order valence-electron chi connectivity index (χ0n) is 10.4. The van der Waals surface area contributed by atoms with Crippen molar-refractivity contribution in [3.8, 4) is 0 Å². The van der Waals surface area contributed by atoms with E-state index in [4.69, 9.17) is 4.74 Å². The molecule has 0 saturated heterocycles. The van der Waals surface area contributed by atoms with Crippen molar-refractivity contribution in [3.05, 3.63) is 46.3 Å². The van der Waals surface area contributed by atoms with Gasteiger partial charge < -0.3 is 15.4 Å². The molecule has 2 amide bonds. The van der Waals surface area contributed by atoms with Crippen molar-refractivity contribution in [2.45, 2.75) is 13.0 Å². The second kappa shape index (κ2) is 5.71. The van der Waals surface area contributed by atoms with Crippen molar-refractivity contribution >= 4 is 23.3 Å². The van der Waals surface area contributed by atoms with Crippen LogP contribution >= 0.6 is 11.3 Å². The molecule has 2 rings (SSSR count). The fourth-order valence-electron chi connectivity index (χ4n) is 1.85. The molecule has 19 heavy (non-hydrogen) atoms. The van der Waals surface area contributed by atoms with Crippen LogP contribution in [0.2, 0.25) is 0 Å². The summed E-state index contributed by atoms with van der Waals surface area (Å²) in [5.74, 6) is -0.455. The molecular formula is C13H14N2O3S. The van der Waals surface area contributed by atoms with E-state index in [0.717, 1.165) is 4.88 Å². The molecule has 6 heteroatoms. The number of carbonyl (C=O) groups is 2. The normalized spacial score (nSPS) is 18.6. The maximum atomic E-state index is 12.1. The third-order valence-electron chi connectivity index (χ3n) is 2.65. The Morgan fingerprint density at radius 1 is 1.63 bits per heavy atom. The summed E-state index contributed by atoms with van der Waals surface area (Å²) < 4.78 is 5.06. The molecule has 0 saturated carbocycles. The van der Waals surface area contributed by atoms with Gasteiger partial charge in [0, 0.05) is 10.6 Å². The van der Waals surface area contributed by atoms with Crippen LogP contribution in [0.5, 0.6) is 0 Å². The molecule has 0 fully saturated rings. The first kappa shape index (κ1) is 13.4. The highest BCUT2D eigenvalue weighted by Crippen LogP contribution is 2.30. The van der Waals surface area contributed by atoms with Gasteiger partial charge in [0.15, 0.2) is 0 Å². The molecule has 1 atom stereocenters. The van der Waals surface area contributed by atoms with Crippen molar-refractivity contribution in [2.24, 2.45) is 0 Å². The van der Waals surface area contributed by atoms with Gasteiger partial charge in [-0.25, -0.2) is 9.59 Å². The molecule has 5 nitrogen and oxygen atoms in total. The minimum Gasteiger partial charge on any atom is -0.458 e. The molecule has 100 valence electrons.